The highest BCUT2D eigenvalue weighted by Crippen LogP contribution is 2.44. The Bertz CT molecular complexity index is 646. The molecule has 4 rings (SSSR count). The minimum atomic E-state index is 0.628. The lowest BCUT2D eigenvalue weighted by Crippen LogP contribution is -2.42. The van der Waals surface area contributed by atoms with Crippen molar-refractivity contribution < 1.29 is 0 Å². The van der Waals surface area contributed by atoms with E-state index in [0.29, 0.717) is 12.0 Å². The molecule has 0 radical (unpaired) electrons. The molecule has 0 amide bonds. The Kier molecular flexibility index (Phi) is 3.31. The van der Waals surface area contributed by atoms with Crippen molar-refractivity contribution in [3.05, 3.63) is 70.8 Å². The van der Waals surface area contributed by atoms with E-state index in [1.807, 2.05) is 0 Å². The van der Waals surface area contributed by atoms with E-state index in [1.54, 1.807) is 22.3 Å². The van der Waals surface area contributed by atoms with E-state index >= 15 is 0 Å². The summed E-state index contributed by atoms with van der Waals surface area (Å²) < 4.78 is 0. The SMILES string of the molecule is CCNC(CC1Cc2ccccc21)C1Cc2ccccc21. The molecule has 1 heteroatoms. The van der Waals surface area contributed by atoms with Crippen LogP contribution in [0.15, 0.2) is 48.5 Å². The molecule has 2 aliphatic carbocycles. The van der Waals surface area contributed by atoms with Crippen LogP contribution in [0.2, 0.25) is 0 Å². The lowest BCUT2D eigenvalue weighted by molar-refractivity contribution is 0.349. The maximum Gasteiger partial charge on any atom is 0.0145 e. The first-order valence-electron chi connectivity index (χ1n) is 8.25. The Labute approximate surface area is 127 Å². The Morgan fingerprint density at radius 2 is 1.62 bits per heavy atom. The number of nitrogens with one attached hydrogen (secondary N) is 1. The number of fused-ring (bicyclic) bond motifs is 2. The summed E-state index contributed by atoms with van der Waals surface area (Å²) in [7, 11) is 0. The molecule has 0 spiro atoms. The van der Waals surface area contributed by atoms with Crippen molar-refractivity contribution in [2.24, 2.45) is 0 Å². The van der Waals surface area contributed by atoms with Crippen LogP contribution in [-0.4, -0.2) is 12.6 Å². The van der Waals surface area contributed by atoms with Gasteiger partial charge in [-0.05, 0) is 54.0 Å². The van der Waals surface area contributed by atoms with Crippen LogP contribution in [0.1, 0.15) is 47.4 Å². The molecule has 1 nitrogen and oxygen atoms in total. The largest absolute Gasteiger partial charge is 0.314 e. The van der Waals surface area contributed by atoms with E-state index in [2.05, 4.69) is 60.8 Å². The third kappa shape index (κ3) is 2.20. The van der Waals surface area contributed by atoms with Crippen molar-refractivity contribution in [1.29, 1.82) is 0 Å². The highest BCUT2D eigenvalue weighted by Gasteiger charge is 2.36. The molecule has 0 aromatic heterocycles. The fraction of sp³-hybridized carbons (Fsp3) is 0.400. The van der Waals surface area contributed by atoms with Gasteiger partial charge in [-0.15, -0.1) is 0 Å². The first-order chi connectivity index (χ1) is 10.4. The van der Waals surface area contributed by atoms with Crippen LogP contribution in [0.4, 0.5) is 0 Å². The van der Waals surface area contributed by atoms with E-state index in [4.69, 9.17) is 0 Å². The first-order valence-corrected chi connectivity index (χ1v) is 8.25. The summed E-state index contributed by atoms with van der Waals surface area (Å²) in [5.41, 5.74) is 6.29. The van der Waals surface area contributed by atoms with Crippen molar-refractivity contribution in [3.63, 3.8) is 0 Å². The molecule has 2 aromatic carbocycles. The molecule has 3 atom stereocenters. The summed E-state index contributed by atoms with van der Waals surface area (Å²) >= 11 is 0. The minimum absolute atomic E-state index is 0.628. The quantitative estimate of drug-likeness (QED) is 0.870. The highest BCUT2D eigenvalue weighted by molar-refractivity contribution is 5.43. The van der Waals surface area contributed by atoms with Gasteiger partial charge in [0.15, 0.2) is 0 Å². The van der Waals surface area contributed by atoms with Crippen molar-refractivity contribution in [2.45, 2.75) is 44.1 Å². The topological polar surface area (TPSA) is 12.0 Å². The Morgan fingerprint density at radius 3 is 2.29 bits per heavy atom. The van der Waals surface area contributed by atoms with Crippen LogP contribution in [0.5, 0.6) is 0 Å². The highest BCUT2D eigenvalue weighted by atomic mass is 14.9. The standard InChI is InChI=1S/C20H23N/c1-2-21-20(19-12-15-8-4-6-10-18(15)19)13-16-11-14-7-3-5-9-17(14)16/h3-10,16,19-21H,2,11-13H2,1H3. The summed E-state index contributed by atoms with van der Waals surface area (Å²) in [5, 5.41) is 3.76. The van der Waals surface area contributed by atoms with E-state index in [-0.39, 0.29) is 0 Å². The zero-order valence-corrected chi connectivity index (χ0v) is 12.7. The zero-order chi connectivity index (χ0) is 14.2. The third-order valence-electron chi connectivity index (χ3n) is 5.35. The second-order valence-corrected chi connectivity index (χ2v) is 6.51. The van der Waals surface area contributed by atoms with Crippen molar-refractivity contribution in [2.75, 3.05) is 6.54 Å². The predicted octanol–water partition coefficient (Wildman–Crippen LogP) is 4.03. The normalized spacial score (nSPS) is 23.5. The lowest BCUT2D eigenvalue weighted by atomic mass is 9.67. The molecule has 21 heavy (non-hydrogen) atoms. The fourth-order valence-electron chi connectivity index (χ4n) is 4.19. The number of hydrogen-bond acceptors (Lipinski definition) is 1. The lowest BCUT2D eigenvalue weighted by Gasteiger charge is -2.41. The fourth-order valence-corrected chi connectivity index (χ4v) is 4.19. The zero-order valence-electron chi connectivity index (χ0n) is 12.7. The first kappa shape index (κ1) is 13.1. The number of benzene rings is 2. The summed E-state index contributed by atoms with van der Waals surface area (Å²) in [6.45, 7) is 3.30. The van der Waals surface area contributed by atoms with Gasteiger partial charge in [0.25, 0.3) is 0 Å². The van der Waals surface area contributed by atoms with Gasteiger partial charge in [-0.1, -0.05) is 55.5 Å². The van der Waals surface area contributed by atoms with Gasteiger partial charge in [0, 0.05) is 12.0 Å². The third-order valence-corrected chi connectivity index (χ3v) is 5.35. The summed E-state index contributed by atoms with van der Waals surface area (Å²) in [5.74, 6) is 1.48. The molecular formula is C20H23N. The smallest absolute Gasteiger partial charge is 0.0145 e. The number of hydrogen-bond donors (Lipinski definition) is 1. The van der Waals surface area contributed by atoms with Crippen molar-refractivity contribution >= 4 is 0 Å². The molecule has 3 unspecified atom stereocenters. The van der Waals surface area contributed by atoms with Gasteiger partial charge < -0.3 is 5.32 Å². The molecule has 0 bridgehead atoms. The van der Waals surface area contributed by atoms with Crippen LogP contribution in [0.3, 0.4) is 0 Å². The summed E-state index contributed by atoms with van der Waals surface area (Å²) in [6, 6.07) is 18.5. The van der Waals surface area contributed by atoms with E-state index in [9.17, 15) is 0 Å². The van der Waals surface area contributed by atoms with Crippen molar-refractivity contribution in [3.8, 4) is 0 Å². The van der Waals surface area contributed by atoms with E-state index in [0.717, 1.165) is 12.5 Å². The van der Waals surface area contributed by atoms with Gasteiger partial charge >= 0.3 is 0 Å². The second kappa shape index (κ2) is 5.31. The molecule has 2 aliphatic rings. The van der Waals surface area contributed by atoms with Crippen LogP contribution < -0.4 is 5.32 Å². The molecular weight excluding hydrogens is 254 g/mol. The van der Waals surface area contributed by atoms with Gasteiger partial charge in [0.1, 0.15) is 0 Å². The summed E-state index contributed by atoms with van der Waals surface area (Å²) in [6.07, 6.45) is 3.80. The van der Waals surface area contributed by atoms with Crippen molar-refractivity contribution in [1.82, 2.24) is 5.32 Å². The molecule has 0 saturated carbocycles. The van der Waals surface area contributed by atoms with Gasteiger partial charge in [-0.2, -0.15) is 0 Å². The van der Waals surface area contributed by atoms with Gasteiger partial charge in [-0.25, -0.2) is 0 Å². The van der Waals surface area contributed by atoms with Crippen LogP contribution in [-0.2, 0) is 12.8 Å². The summed E-state index contributed by atoms with van der Waals surface area (Å²) in [4.78, 5) is 0. The monoisotopic (exact) mass is 277 g/mol. The number of rotatable bonds is 5. The Morgan fingerprint density at radius 1 is 0.952 bits per heavy atom. The van der Waals surface area contributed by atoms with Crippen LogP contribution >= 0.6 is 0 Å². The molecule has 0 aliphatic heterocycles. The minimum Gasteiger partial charge on any atom is -0.314 e. The van der Waals surface area contributed by atoms with Gasteiger partial charge in [0.05, 0.1) is 0 Å². The van der Waals surface area contributed by atoms with Crippen LogP contribution in [0, 0.1) is 0 Å². The Hall–Kier alpha value is -1.60. The maximum absolute atomic E-state index is 3.76. The number of likely N-dealkylation sites (N-methyl/N-ethyl adjacent to an activating group) is 1. The van der Waals surface area contributed by atoms with Gasteiger partial charge in [0.2, 0.25) is 0 Å². The second-order valence-electron chi connectivity index (χ2n) is 6.51. The average molecular weight is 277 g/mol. The molecule has 0 heterocycles. The van der Waals surface area contributed by atoms with E-state index < -0.39 is 0 Å². The molecule has 0 saturated heterocycles. The van der Waals surface area contributed by atoms with Gasteiger partial charge in [-0.3, -0.25) is 0 Å². The Balaban J connectivity index is 1.50. The van der Waals surface area contributed by atoms with E-state index in [1.165, 1.54) is 19.3 Å². The maximum atomic E-state index is 3.76. The molecule has 108 valence electrons. The predicted molar refractivity (Wildman–Crippen MR) is 87.9 cm³/mol. The molecule has 1 N–H and O–H groups in total. The molecule has 2 aromatic rings. The molecule has 0 fully saturated rings. The van der Waals surface area contributed by atoms with Crippen LogP contribution in [0.25, 0.3) is 0 Å². The average Bonchev–Trinajstić information content (AvgIpc) is 2.46.